The summed E-state index contributed by atoms with van der Waals surface area (Å²) in [6.07, 6.45) is 1.67. The van der Waals surface area contributed by atoms with Crippen LogP contribution in [-0.4, -0.2) is 16.2 Å². The molecule has 1 heterocycles. The van der Waals surface area contributed by atoms with Crippen LogP contribution in [0.5, 0.6) is 0 Å². The van der Waals surface area contributed by atoms with E-state index in [9.17, 15) is 0 Å². The first-order valence-electron chi connectivity index (χ1n) is 4.62. The highest BCUT2D eigenvalue weighted by Gasteiger charge is 2.10. The molecular formula is C9H17N3O. The van der Waals surface area contributed by atoms with Crippen molar-refractivity contribution >= 4 is 0 Å². The first kappa shape index (κ1) is 10.2. The van der Waals surface area contributed by atoms with Crippen molar-refractivity contribution < 1.29 is 4.52 Å². The van der Waals surface area contributed by atoms with E-state index in [2.05, 4.69) is 24.0 Å². The topological polar surface area (TPSA) is 64.9 Å². The highest BCUT2D eigenvalue weighted by molar-refractivity contribution is 4.86. The van der Waals surface area contributed by atoms with Crippen LogP contribution in [0.1, 0.15) is 32.0 Å². The summed E-state index contributed by atoms with van der Waals surface area (Å²) < 4.78 is 4.98. The van der Waals surface area contributed by atoms with Gasteiger partial charge in [0.1, 0.15) is 0 Å². The molecule has 0 radical (unpaired) electrons. The van der Waals surface area contributed by atoms with Crippen LogP contribution in [-0.2, 0) is 6.42 Å². The Morgan fingerprint density at radius 2 is 2.15 bits per heavy atom. The van der Waals surface area contributed by atoms with E-state index in [0.29, 0.717) is 24.1 Å². The van der Waals surface area contributed by atoms with Gasteiger partial charge in [-0.15, -0.1) is 0 Å². The summed E-state index contributed by atoms with van der Waals surface area (Å²) in [6.45, 7) is 6.11. The lowest BCUT2D eigenvalue weighted by Crippen LogP contribution is -2.24. The molecule has 4 nitrogen and oxygen atoms in total. The largest absolute Gasteiger partial charge is 0.339 e. The zero-order valence-corrected chi connectivity index (χ0v) is 8.45. The molecule has 0 spiro atoms. The minimum Gasteiger partial charge on any atom is -0.339 e. The third-order valence-electron chi connectivity index (χ3n) is 1.78. The molecule has 1 atom stereocenters. The molecule has 0 fully saturated rings. The fourth-order valence-electron chi connectivity index (χ4n) is 1.34. The molecule has 0 saturated heterocycles. The predicted molar refractivity (Wildman–Crippen MR) is 50.2 cm³/mol. The Morgan fingerprint density at radius 1 is 1.46 bits per heavy atom. The van der Waals surface area contributed by atoms with Crippen LogP contribution in [0.2, 0.25) is 0 Å². The van der Waals surface area contributed by atoms with Crippen molar-refractivity contribution in [1.82, 2.24) is 10.1 Å². The minimum atomic E-state index is 0.125. The average molecular weight is 183 g/mol. The van der Waals surface area contributed by atoms with Crippen molar-refractivity contribution in [2.24, 2.45) is 11.7 Å². The average Bonchev–Trinajstić information content (AvgIpc) is 2.33. The molecule has 1 aromatic heterocycles. The van der Waals surface area contributed by atoms with Crippen molar-refractivity contribution in [1.29, 1.82) is 0 Å². The van der Waals surface area contributed by atoms with Crippen molar-refractivity contribution in [3.8, 4) is 0 Å². The summed E-state index contributed by atoms with van der Waals surface area (Å²) in [7, 11) is 0. The summed E-state index contributed by atoms with van der Waals surface area (Å²) in [5.74, 6) is 1.93. The number of aryl methyl sites for hydroxylation is 1. The van der Waals surface area contributed by atoms with Gasteiger partial charge in [0, 0.05) is 12.5 Å². The first-order valence-corrected chi connectivity index (χ1v) is 4.62. The van der Waals surface area contributed by atoms with Gasteiger partial charge >= 0.3 is 0 Å². The van der Waals surface area contributed by atoms with E-state index in [-0.39, 0.29) is 6.04 Å². The third kappa shape index (κ3) is 3.55. The van der Waals surface area contributed by atoms with Gasteiger partial charge in [-0.25, -0.2) is 0 Å². The zero-order valence-electron chi connectivity index (χ0n) is 8.45. The van der Waals surface area contributed by atoms with Gasteiger partial charge in [-0.3, -0.25) is 0 Å². The second kappa shape index (κ2) is 4.37. The molecule has 1 rings (SSSR count). The van der Waals surface area contributed by atoms with E-state index in [1.807, 2.05) is 0 Å². The molecule has 0 amide bonds. The van der Waals surface area contributed by atoms with Crippen molar-refractivity contribution in [3.05, 3.63) is 11.7 Å². The van der Waals surface area contributed by atoms with Gasteiger partial charge in [0.2, 0.25) is 5.89 Å². The molecular weight excluding hydrogens is 166 g/mol. The van der Waals surface area contributed by atoms with Crippen molar-refractivity contribution in [2.75, 3.05) is 0 Å². The smallest absolute Gasteiger partial charge is 0.228 e. The van der Waals surface area contributed by atoms with E-state index in [0.717, 1.165) is 6.42 Å². The summed E-state index contributed by atoms with van der Waals surface area (Å²) in [4.78, 5) is 4.10. The van der Waals surface area contributed by atoms with Crippen molar-refractivity contribution in [2.45, 2.75) is 39.7 Å². The maximum absolute atomic E-state index is 5.89. The zero-order chi connectivity index (χ0) is 9.84. The van der Waals surface area contributed by atoms with E-state index in [1.165, 1.54) is 0 Å². The van der Waals surface area contributed by atoms with Gasteiger partial charge in [-0.1, -0.05) is 19.0 Å². The van der Waals surface area contributed by atoms with Gasteiger partial charge in [0.15, 0.2) is 5.82 Å². The van der Waals surface area contributed by atoms with Gasteiger partial charge in [0.05, 0.1) is 0 Å². The number of rotatable bonds is 4. The number of nitrogens with zero attached hydrogens (tertiary/aromatic N) is 2. The van der Waals surface area contributed by atoms with Gasteiger partial charge < -0.3 is 10.3 Å². The summed E-state index contributed by atoms with van der Waals surface area (Å²) in [5.41, 5.74) is 5.89. The SMILES string of the molecule is Cc1noc(CC(N)CC(C)C)n1. The minimum absolute atomic E-state index is 0.125. The maximum atomic E-state index is 5.89. The van der Waals surface area contributed by atoms with Gasteiger partial charge in [-0.2, -0.15) is 4.98 Å². The van der Waals surface area contributed by atoms with Gasteiger partial charge in [0.25, 0.3) is 0 Å². The molecule has 2 N–H and O–H groups in total. The number of nitrogens with two attached hydrogens (primary N) is 1. The second-order valence-electron chi connectivity index (χ2n) is 3.83. The summed E-state index contributed by atoms with van der Waals surface area (Å²) in [6, 6.07) is 0.125. The molecule has 74 valence electrons. The van der Waals surface area contributed by atoms with E-state index >= 15 is 0 Å². The Kier molecular flexibility index (Phi) is 3.42. The molecule has 13 heavy (non-hydrogen) atoms. The maximum Gasteiger partial charge on any atom is 0.228 e. The molecule has 0 bridgehead atoms. The van der Waals surface area contributed by atoms with Crippen LogP contribution in [0.25, 0.3) is 0 Å². The molecule has 0 aromatic carbocycles. The Morgan fingerprint density at radius 3 is 2.62 bits per heavy atom. The summed E-state index contributed by atoms with van der Waals surface area (Å²) in [5, 5.41) is 3.71. The number of hydrogen-bond acceptors (Lipinski definition) is 4. The number of aromatic nitrogens is 2. The second-order valence-corrected chi connectivity index (χ2v) is 3.83. The van der Waals surface area contributed by atoms with Crippen LogP contribution in [0, 0.1) is 12.8 Å². The van der Waals surface area contributed by atoms with Crippen LogP contribution in [0.15, 0.2) is 4.52 Å². The normalized spacial score (nSPS) is 13.6. The van der Waals surface area contributed by atoms with E-state index < -0.39 is 0 Å². The lowest BCUT2D eigenvalue weighted by molar-refractivity contribution is 0.356. The van der Waals surface area contributed by atoms with Crippen molar-refractivity contribution in [3.63, 3.8) is 0 Å². The highest BCUT2D eigenvalue weighted by Crippen LogP contribution is 2.07. The molecule has 0 aliphatic heterocycles. The molecule has 1 unspecified atom stereocenters. The predicted octanol–water partition coefficient (Wildman–Crippen LogP) is 1.29. The van der Waals surface area contributed by atoms with Crippen LogP contribution < -0.4 is 5.73 Å². The Labute approximate surface area is 78.5 Å². The first-order chi connectivity index (χ1) is 6.08. The lowest BCUT2D eigenvalue weighted by atomic mass is 10.0. The van der Waals surface area contributed by atoms with Gasteiger partial charge in [-0.05, 0) is 19.3 Å². The van der Waals surface area contributed by atoms with E-state index in [4.69, 9.17) is 10.3 Å². The molecule has 0 aliphatic carbocycles. The fourth-order valence-corrected chi connectivity index (χ4v) is 1.34. The standard InChI is InChI=1S/C9H17N3O/c1-6(2)4-8(10)5-9-11-7(3)12-13-9/h6,8H,4-5,10H2,1-3H3. The highest BCUT2D eigenvalue weighted by atomic mass is 16.5. The Bertz CT molecular complexity index is 257. The van der Waals surface area contributed by atoms with Crippen LogP contribution >= 0.6 is 0 Å². The fraction of sp³-hybridized carbons (Fsp3) is 0.778. The molecule has 0 aliphatic rings. The molecule has 1 aromatic rings. The molecule has 4 heteroatoms. The van der Waals surface area contributed by atoms with Crippen LogP contribution in [0.4, 0.5) is 0 Å². The third-order valence-corrected chi connectivity index (χ3v) is 1.78. The quantitative estimate of drug-likeness (QED) is 0.764. The van der Waals surface area contributed by atoms with Crippen LogP contribution in [0.3, 0.4) is 0 Å². The Balaban J connectivity index is 2.40. The summed E-state index contributed by atoms with van der Waals surface area (Å²) >= 11 is 0. The lowest BCUT2D eigenvalue weighted by Gasteiger charge is -2.10. The molecule has 0 saturated carbocycles. The number of hydrogen-bond donors (Lipinski definition) is 1. The monoisotopic (exact) mass is 183 g/mol. The Hall–Kier alpha value is -0.900. The van der Waals surface area contributed by atoms with E-state index in [1.54, 1.807) is 6.92 Å².